The Morgan fingerprint density at radius 3 is 2.43 bits per heavy atom. The highest BCUT2D eigenvalue weighted by atomic mass is 19.4. The SMILES string of the molecule is Oc1cc(C(F)(F)F)cc(F)c1-c1nc2ccccc2[nH]1. The van der Waals surface area contributed by atoms with Crippen molar-refractivity contribution >= 4 is 11.0 Å². The molecular weight excluding hydrogens is 288 g/mol. The summed E-state index contributed by atoms with van der Waals surface area (Å²) in [5, 5.41) is 9.71. The molecule has 0 radical (unpaired) electrons. The zero-order chi connectivity index (χ0) is 15.2. The predicted octanol–water partition coefficient (Wildman–Crippen LogP) is 4.09. The first-order valence-electron chi connectivity index (χ1n) is 5.91. The molecule has 0 saturated carbocycles. The van der Waals surface area contributed by atoms with Crippen molar-refractivity contribution in [3.05, 3.63) is 47.8 Å². The lowest BCUT2D eigenvalue weighted by Crippen LogP contribution is -2.06. The van der Waals surface area contributed by atoms with E-state index in [9.17, 15) is 22.7 Å². The van der Waals surface area contributed by atoms with Gasteiger partial charge in [-0.25, -0.2) is 9.37 Å². The Morgan fingerprint density at radius 1 is 1.10 bits per heavy atom. The Morgan fingerprint density at radius 2 is 1.81 bits per heavy atom. The molecule has 0 amide bonds. The number of rotatable bonds is 1. The maximum absolute atomic E-state index is 13.9. The summed E-state index contributed by atoms with van der Waals surface area (Å²) in [4.78, 5) is 6.82. The molecule has 0 spiro atoms. The molecule has 0 fully saturated rings. The molecule has 1 aromatic heterocycles. The van der Waals surface area contributed by atoms with Crippen molar-refractivity contribution in [1.29, 1.82) is 0 Å². The minimum absolute atomic E-state index is 0.0278. The molecule has 21 heavy (non-hydrogen) atoms. The third kappa shape index (κ3) is 2.31. The van der Waals surface area contributed by atoms with Gasteiger partial charge in [-0.15, -0.1) is 0 Å². The number of halogens is 4. The third-order valence-electron chi connectivity index (χ3n) is 3.02. The highest BCUT2D eigenvalue weighted by Gasteiger charge is 2.33. The van der Waals surface area contributed by atoms with E-state index in [4.69, 9.17) is 0 Å². The fourth-order valence-electron chi connectivity index (χ4n) is 2.06. The molecule has 3 aromatic rings. The summed E-state index contributed by atoms with van der Waals surface area (Å²) in [6.07, 6.45) is -4.73. The van der Waals surface area contributed by atoms with Gasteiger partial charge in [-0.05, 0) is 24.3 Å². The number of fused-ring (bicyclic) bond motifs is 1. The van der Waals surface area contributed by atoms with Crippen molar-refractivity contribution < 1.29 is 22.7 Å². The van der Waals surface area contributed by atoms with Crippen LogP contribution in [0.4, 0.5) is 17.6 Å². The number of hydrogen-bond acceptors (Lipinski definition) is 2. The van der Waals surface area contributed by atoms with Gasteiger partial charge in [0.05, 0.1) is 22.2 Å². The van der Waals surface area contributed by atoms with Crippen LogP contribution in [-0.2, 0) is 6.18 Å². The van der Waals surface area contributed by atoms with Gasteiger partial charge in [0.25, 0.3) is 0 Å². The summed E-state index contributed by atoms with van der Waals surface area (Å²) < 4.78 is 51.6. The lowest BCUT2D eigenvalue weighted by molar-refractivity contribution is -0.137. The number of phenols is 1. The molecular formula is C14H8F4N2O. The van der Waals surface area contributed by atoms with Crippen LogP contribution >= 0.6 is 0 Å². The molecule has 3 nitrogen and oxygen atoms in total. The van der Waals surface area contributed by atoms with E-state index in [2.05, 4.69) is 9.97 Å². The molecule has 0 aliphatic rings. The number of nitrogens with zero attached hydrogens (tertiary/aromatic N) is 1. The number of imidazole rings is 1. The Hall–Kier alpha value is -2.57. The standard InChI is InChI=1S/C14H8F4N2O/c15-8-5-7(14(16,17)18)6-11(21)12(8)13-19-9-3-1-2-4-10(9)20-13/h1-6,21H,(H,19,20). The minimum atomic E-state index is -4.73. The number of alkyl halides is 3. The lowest BCUT2D eigenvalue weighted by atomic mass is 10.1. The normalized spacial score (nSPS) is 12.0. The van der Waals surface area contributed by atoms with Crippen LogP contribution in [0.2, 0.25) is 0 Å². The van der Waals surface area contributed by atoms with Crippen molar-refractivity contribution in [1.82, 2.24) is 9.97 Å². The number of aromatic amines is 1. The van der Waals surface area contributed by atoms with Crippen LogP contribution in [0.5, 0.6) is 5.75 Å². The summed E-state index contributed by atoms with van der Waals surface area (Å²) in [5.41, 5.74) is -0.533. The Balaban J connectivity index is 2.18. The van der Waals surface area contributed by atoms with Crippen molar-refractivity contribution in [3.63, 3.8) is 0 Å². The quantitative estimate of drug-likeness (QED) is 0.664. The molecule has 108 valence electrons. The zero-order valence-electron chi connectivity index (χ0n) is 10.4. The first-order chi connectivity index (χ1) is 9.86. The number of H-pyrrole nitrogens is 1. The zero-order valence-corrected chi connectivity index (χ0v) is 10.4. The molecule has 0 aliphatic carbocycles. The van der Waals surface area contributed by atoms with E-state index in [1.54, 1.807) is 24.3 Å². The Kier molecular flexibility index (Phi) is 2.86. The van der Waals surface area contributed by atoms with Crippen molar-refractivity contribution in [2.75, 3.05) is 0 Å². The number of phenolic OH excluding ortho intramolecular Hbond substituents is 1. The van der Waals surface area contributed by atoms with Crippen molar-refractivity contribution in [2.24, 2.45) is 0 Å². The van der Waals surface area contributed by atoms with Gasteiger partial charge >= 0.3 is 6.18 Å². The van der Waals surface area contributed by atoms with Gasteiger partial charge in [0.2, 0.25) is 0 Å². The molecule has 2 aromatic carbocycles. The van der Waals surface area contributed by atoms with Crippen LogP contribution < -0.4 is 0 Å². The first-order valence-corrected chi connectivity index (χ1v) is 5.91. The molecule has 1 heterocycles. The molecule has 3 rings (SSSR count). The Labute approximate surface area is 115 Å². The number of nitrogens with one attached hydrogen (secondary N) is 1. The number of benzene rings is 2. The highest BCUT2D eigenvalue weighted by Crippen LogP contribution is 2.38. The number of hydrogen-bond donors (Lipinski definition) is 2. The summed E-state index contributed by atoms with van der Waals surface area (Å²) >= 11 is 0. The van der Waals surface area contributed by atoms with E-state index in [1.807, 2.05) is 0 Å². The summed E-state index contributed by atoms with van der Waals surface area (Å²) in [5.74, 6) is -2.04. The van der Waals surface area contributed by atoms with Gasteiger partial charge < -0.3 is 10.1 Å². The second-order valence-corrected chi connectivity index (χ2v) is 4.45. The third-order valence-corrected chi connectivity index (χ3v) is 3.02. The highest BCUT2D eigenvalue weighted by molar-refractivity contribution is 5.80. The van der Waals surface area contributed by atoms with E-state index in [-0.39, 0.29) is 11.4 Å². The van der Waals surface area contributed by atoms with Crippen LogP contribution in [-0.4, -0.2) is 15.1 Å². The second-order valence-electron chi connectivity index (χ2n) is 4.45. The molecule has 0 bridgehead atoms. The summed E-state index contributed by atoms with van der Waals surface area (Å²) in [6.45, 7) is 0. The van der Waals surface area contributed by atoms with Crippen LogP contribution in [0.15, 0.2) is 36.4 Å². The number of para-hydroxylation sites is 2. The maximum atomic E-state index is 13.9. The van der Waals surface area contributed by atoms with Crippen LogP contribution in [0, 0.1) is 5.82 Å². The predicted molar refractivity (Wildman–Crippen MR) is 68.2 cm³/mol. The van der Waals surface area contributed by atoms with Crippen molar-refractivity contribution in [2.45, 2.75) is 6.18 Å². The smallest absolute Gasteiger partial charge is 0.416 e. The lowest BCUT2D eigenvalue weighted by Gasteiger charge is -2.10. The van der Waals surface area contributed by atoms with Gasteiger partial charge in [-0.1, -0.05) is 12.1 Å². The monoisotopic (exact) mass is 296 g/mol. The fraction of sp³-hybridized carbons (Fsp3) is 0.0714. The van der Waals surface area contributed by atoms with Crippen LogP contribution in [0.25, 0.3) is 22.4 Å². The Bertz CT molecular complexity index is 767. The number of aromatic nitrogens is 2. The fourth-order valence-corrected chi connectivity index (χ4v) is 2.06. The van der Waals surface area contributed by atoms with Crippen LogP contribution in [0.3, 0.4) is 0 Å². The van der Waals surface area contributed by atoms with E-state index in [0.29, 0.717) is 23.2 Å². The molecule has 7 heteroatoms. The molecule has 0 aliphatic heterocycles. The van der Waals surface area contributed by atoms with E-state index in [1.165, 1.54) is 0 Å². The van der Waals surface area contributed by atoms with Crippen molar-refractivity contribution in [3.8, 4) is 17.1 Å². The molecule has 0 saturated heterocycles. The second kappa shape index (κ2) is 4.47. The van der Waals surface area contributed by atoms with E-state index >= 15 is 0 Å². The summed E-state index contributed by atoms with van der Waals surface area (Å²) in [6, 6.07) is 7.61. The molecule has 0 atom stereocenters. The first kappa shape index (κ1) is 13.4. The topological polar surface area (TPSA) is 48.9 Å². The largest absolute Gasteiger partial charge is 0.507 e. The number of aromatic hydroxyl groups is 1. The van der Waals surface area contributed by atoms with Gasteiger partial charge in [-0.3, -0.25) is 0 Å². The molecule has 0 unspecified atom stereocenters. The van der Waals surface area contributed by atoms with Crippen LogP contribution in [0.1, 0.15) is 5.56 Å². The van der Waals surface area contributed by atoms with Gasteiger partial charge in [0.1, 0.15) is 17.4 Å². The molecule has 2 N–H and O–H groups in total. The average Bonchev–Trinajstić information content (AvgIpc) is 2.79. The summed E-state index contributed by atoms with van der Waals surface area (Å²) in [7, 11) is 0. The average molecular weight is 296 g/mol. The van der Waals surface area contributed by atoms with Gasteiger partial charge in [0, 0.05) is 0 Å². The maximum Gasteiger partial charge on any atom is 0.416 e. The van der Waals surface area contributed by atoms with E-state index < -0.39 is 23.3 Å². The minimum Gasteiger partial charge on any atom is -0.507 e. The van der Waals surface area contributed by atoms with Gasteiger partial charge in [-0.2, -0.15) is 13.2 Å². The van der Waals surface area contributed by atoms with Gasteiger partial charge in [0.15, 0.2) is 0 Å². The van der Waals surface area contributed by atoms with E-state index in [0.717, 1.165) is 0 Å².